The lowest BCUT2D eigenvalue weighted by Gasteiger charge is -2.21. The van der Waals surface area contributed by atoms with Crippen molar-refractivity contribution in [1.29, 1.82) is 0 Å². The lowest BCUT2D eigenvalue weighted by Crippen LogP contribution is -2.36. The van der Waals surface area contributed by atoms with E-state index in [-0.39, 0.29) is 5.97 Å². The maximum atomic E-state index is 11.1. The van der Waals surface area contributed by atoms with Gasteiger partial charge in [0, 0.05) is 13.5 Å². The van der Waals surface area contributed by atoms with Crippen LogP contribution in [0.3, 0.4) is 0 Å². The van der Waals surface area contributed by atoms with Gasteiger partial charge in [-0.15, -0.1) is 0 Å². The van der Waals surface area contributed by atoms with E-state index in [1.54, 1.807) is 20.8 Å². The fourth-order valence-electron chi connectivity index (χ4n) is 0.868. The third-order valence-electron chi connectivity index (χ3n) is 1.75. The van der Waals surface area contributed by atoms with Crippen molar-refractivity contribution < 1.29 is 28.6 Å². The first-order chi connectivity index (χ1) is 8.22. The molecule has 0 radical (unpaired) electrons. The number of esters is 2. The van der Waals surface area contributed by atoms with Gasteiger partial charge in [0.25, 0.3) is 0 Å². The summed E-state index contributed by atoms with van der Waals surface area (Å²) in [6.45, 7) is 9.11. The minimum Gasteiger partial charge on any atom is -0.464 e. The number of ether oxygens (including phenoxy) is 3. The molecule has 106 valence electrons. The zero-order chi connectivity index (χ0) is 14.8. The lowest BCUT2D eigenvalue weighted by molar-refractivity contribution is -0.167. The summed E-state index contributed by atoms with van der Waals surface area (Å²) in [5.74, 6) is -1.66. The Morgan fingerprint density at radius 2 is 1.56 bits per heavy atom. The minimum atomic E-state index is -0.801. The van der Waals surface area contributed by atoms with Gasteiger partial charge in [-0.1, -0.05) is 0 Å². The number of hydrogen-bond donors (Lipinski definition) is 0. The van der Waals surface area contributed by atoms with Gasteiger partial charge < -0.3 is 14.2 Å². The average molecular weight is 262 g/mol. The molecule has 0 fully saturated rings. The summed E-state index contributed by atoms with van der Waals surface area (Å²) < 4.78 is 14.0. The summed E-state index contributed by atoms with van der Waals surface area (Å²) in [5, 5.41) is 0. The van der Waals surface area contributed by atoms with Crippen LogP contribution in [0.2, 0.25) is 0 Å². The Labute approximate surface area is 108 Å². The molecule has 0 unspecified atom stereocenters. The first kappa shape index (κ1) is 18.9. The predicted octanol–water partition coefficient (Wildman–Crippen LogP) is 1.11. The highest BCUT2D eigenvalue weighted by Crippen LogP contribution is 2.10. The molecule has 0 spiro atoms. The zero-order valence-corrected chi connectivity index (χ0v) is 11.9. The minimum absolute atomic E-state index is 0.304. The SMILES string of the molecule is CCOC(=O)C(C)(C)OCC.COC(=O)C(C)=O. The van der Waals surface area contributed by atoms with Crippen molar-refractivity contribution in [3.63, 3.8) is 0 Å². The molecule has 0 aromatic heterocycles. The first-order valence-electron chi connectivity index (χ1n) is 5.62. The topological polar surface area (TPSA) is 78.9 Å². The largest absolute Gasteiger partial charge is 0.464 e. The zero-order valence-electron chi connectivity index (χ0n) is 11.9. The molecule has 0 saturated heterocycles. The number of methoxy groups -OCH3 is 1. The van der Waals surface area contributed by atoms with Crippen molar-refractivity contribution in [3.05, 3.63) is 0 Å². The number of carbonyl (C=O) groups excluding carboxylic acids is 3. The number of carbonyl (C=O) groups is 3. The van der Waals surface area contributed by atoms with Crippen LogP contribution in [0.5, 0.6) is 0 Å². The summed E-state index contributed by atoms with van der Waals surface area (Å²) in [5.41, 5.74) is -0.801. The van der Waals surface area contributed by atoms with E-state index < -0.39 is 17.4 Å². The van der Waals surface area contributed by atoms with Crippen molar-refractivity contribution in [2.24, 2.45) is 0 Å². The molecule has 0 aliphatic rings. The van der Waals surface area contributed by atoms with E-state index in [0.717, 1.165) is 6.92 Å². The summed E-state index contributed by atoms with van der Waals surface area (Å²) in [6.07, 6.45) is 0. The van der Waals surface area contributed by atoms with E-state index in [2.05, 4.69) is 4.74 Å². The Hall–Kier alpha value is -1.43. The Bertz CT molecular complexity index is 282. The van der Waals surface area contributed by atoms with E-state index in [1.165, 1.54) is 7.11 Å². The molecule has 0 rings (SSSR count). The molecule has 0 heterocycles. The molecular weight excluding hydrogens is 240 g/mol. The van der Waals surface area contributed by atoms with Crippen molar-refractivity contribution in [3.8, 4) is 0 Å². The Morgan fingerprint density at radius 1 is 1.06 bits per heavy atom. The molecule has 0 amide bonds. The van der Waals surface area contributed by atoms with Gasteiger partial charge in [0.15, 0.2) is 5.60 Å². The van der Waals surface area contributed by atoms with E-state index in [0.29, 0.717) is 13.2 Å². The van der Waals surface area contributed by atoms with E-state index in [9.17, 15) is 14.4 Å². The van der Waals surface area contributed by atoms with Gasteiger partial charge >= 0.3 is 11.9 Å². The maximum Gasteiger partial charge on any atom is 0.374 e. The van der Waals surface area contributed by atoms with Crippen molar-refractivity contribution in [2.45, 2.75) is 40.2 Å². The highest BCUT2D eigenvalue weighted by atomic mass is 16.6. The molecule has 0 saturated carbocycles. The number of hydrogen-bond acceptors (Lipinski definition) is 6. The van der Waals surface area contributed by atoms with Crippen LogP contribution >= 0.6 is 0 Å². The maximum absolute atomic E-state index is 11.1. The average Bonchev–Trinajstić information content (AvgIpc) is 2.28. The normalized spacial score (nSPS) is 9.89. The van der Waals surface area contributed by atoms with Gasteiger partial charge in [0.1, 0.15) is 0 Å². The number of rotatable bonds is 5. The van der Waals surface area contributed by atoms with Crippen molar-refractivity contribution >= 4 is 17.7 Å². The number of ketones is 1. The molecule has 6 nitrogen and oxygen atoms in total. The molecule has 0 bridgehead atoms. The molecule has 0 aromatic rings. The fraction of sp³-hybridized carbons (Fsp3) is 0.750. The molecule has 0 aliphatic carbocycles. The molecule has 0 aromatic carbocycles. The van der Waals surface area contributed by atoms with Crippen molar-refractivity contribution in [2.75, 3.05) is 20.3 Å². The molecule has 18 heavy (non-hydrogen) atoms. The van der Waals surface area contributed by atoms with Crippen LogP contribution in [0.1, 0.15) is 34.6 Å². The van der Waals surface area contributed by atoms with Crippen LogP contribution in [0.15, 0.2) is 0 Å². The van der Waals surface area contributed by atoms with Crippen LogP contribution in [0, 0.1) is 0 Å². The van der Waals surface area contributed by atoms with Gasteiger partial charge in [-0.25, -0.2) is 9.59 Å². The first-order valence-corrected chi connectivity index (χ1v) is 5.62. The molecule has 6 heteroatoms. The highest BCUT2D eigenvalue weighted by Gasteiger charge is 2.29. The Balaban J connectivity index is 0. The van der Waals surface area contributed by atoms with Gasteiger partial charge in [-0.3, -0.25) is 4.79 Å². The summed E-state index contributed by atoms with van der Waals surface area (Å²) in [7, 11) is 1.17. The number of Topliss-reactive ketones (excluding diaryl/α,β-unsaturated/α-hetero) is 1. The van der Waals surface area contributed by atoms with Crippen LogP contribution in [-0.2, 0) is 28.6 Å². The highest BCUT2D eigenvalue weighted by molar-refractivity contribution is 6.32. The predicted molar refractivity (Wildman–Crippen MR) is 65.0 cm³/mol. The van der Waals surface area contributed by atoms with Crippen LogP contribution < -0.4 is 0 Å². The lowest BCUT2D eigenvalue weighted by atomic mass is 10.1. The second kappa shape index (κ2) is 9.58. The van der Waals surface area contributed by atoms with E-state index >= 15 is 0 Å². The van der Waals surface area contributed by atoms with Gasteiger partial charge in [-0.2, -0.15) is 0 Å². The third-order valence-corrected chi connectivity index (χ3v) is 1.75. The summed E-state index contributed by atoms with van der Waals surface area (Å²) >= 11 is 0. The third kappa shape index (κ3) is 8.69. The fourth-order valence-corrected chi connectivity index (χ4v) is 0.868. The molecule has 0 atom stereocenters. The monoisotopic (exact) mass is 262 g/mol. The smallest absolute Gasteiger partial charge is 0.374 e. The van der Waals surface area contributed by atoms with Crippen LogP contribution in [0.4, 0.5) is 0 Å². The summed E-state index contributed by atoms with van der Waals surface area (Å²) in [4.78, 5) is 30.9. The summed E-state index contributed by atoms with van der Waals surface area (Å²) in [6, 6.07) is 0. The molecule has 0 N–H and O–H groups in total. The second-order valence-corrected chi connectivity index (χ2v) is 3.71. The van der Waals surface area contributed by atoms with E-state index in [1.807, 2.05) is 6.92 Å². The van der Waals surface area contributed by atoms with Crippen LogP contribution in [0.25, 0.3) is 0 Å². The van der Waals surface area contributed by atoms with Crippen molar-refractivity contribution in [1.82, 2.24) is 0 Å². The Morgan fingerprint density at radius 3 is 1.78 bits per heavy atom. The standard InChI is InChI=1S/C8H16O3.C4H6O3/c1-5-10-7(9)8(3,4)11-6-2;1-3(5)4(6)7-2/h5-6H2,1-4H3;1-2H3. The van der Waals surface area contributed by atoms with Gasteiger partial charge in [-0.05, 0) is 27.7 Å². The van der Waals surface area contributed by atoms with Gasteiger partial charge in [0.05, 0.1) is 13.7 Å². The molecular formula is C12H22O6. The quantitative estimate of drug-likeness (QED) is 0.545. The molecule has 0 aliphatic heterocycles. The van der Waals surface area contributed by atoms with E-state index in [4.69, 9.17) is 9.47 Å². The van der Waals surface area contributed by atoms with Crippen LogP contribution in [-0.4, -0.2) is 43.6 Å². The Kier molecular flexibility index (Phi) is 10.1. The van der Waals surface area contributed by atoms with Gasteiger partial charge in [0.2, 0.25) is 5.78 Å². The second-order valence-electron chi connectivity index (χ2n) is 3.71.